The third kappa shape index (κ3) is 3.88. The van der Waals surface area contributed by atoms with Crippen molar-refractivity contribution in [1.29, 1.82) is 0 Å². The maximum Gasteiger partial charge on any atom is 0.107 e. The second-order valence-corrected chi connectivity index (χ2v) is 5.67. The number of rotatable bonds is 3. The Kier molecular flexibility index (Phi) is 4.11. The minimum atomic E-state index is 0.0847. The van der Waals surface area contributed by atoms with Crippen LogP contribution < -0.4 is 5.32 Å². The SMILES string of the molecule is C=[P+](C)CCC1CCCCN1. The van der Waals surface area contributed by atoms with E-state index in [0.717, 1.165) is 6.04 Å². The molecule has 0 aromatic heterocycles. The van der Waals surface area contributed by atoms with Gasteiger partial charge in [-0.2, -0.15) is 0 Å². The first-order valence-corrected chi connectivity index (χ1v) is 6.70. The summed E-state index contributed by atoms with van der Waals surface area (Å²) < 4.78 is 0. The molecule has 1 N–H and O–H groups in total. The van der Waals surface area contributed by atoms with E-state index in [-0.39, 0.29) is 7.55 Å². The van der Waals surface area contributed by atoms with Gasteiger partial charge in [-0.1, -0.05) is 6.42 Å². The molecule has 1 aliphatic rings. The van der Waals surface area contributed by atoms with Gasteiger partial charge in [0.25, 0.3) is 0 Å². The first kappa shape index (κ1) is 9.22. The van der Waals surface area contributed by atoms with Crippen LogP contribution in [-0.4, -0.2) is 31.7 Å². The van der Waals surface area contributed by atoms with Crippen LogP contribution in [0.1, 0.15) is 25.7 Å². The molecule has 0 saturated carbocycles. The minimum absolute atomic E-state index is 0.0847. The van der Waals surface area contributed by atoms with Crippen LogP contribution in [0.5, 0.6) is 0 Å². The van der Waals surface area contributed by atoms with Crippen LogP contribution >= 0.6 is 7.55 Å². The van der Waals surface area contributed by atoms with Crippen molar-refractivity contribution in [1.82, 2.24) is 5.32 Å². The zero-order valence-corrected chi connectivity index (χ0v) is 8.37. The van der Waals surface area contributed by atoms with E-state index in [1.54, 1.807) is 0 Å². The predicted molar refractivity (Wildman–Crippen MR) is 55.1 cm³/mol. The van der Waals surface area contributed by atoms with Crippen molar-refractivity contribution in [2.24, 2.45) is 0 Å². The molecule has 1 aliphatic heterocycles. The van der Waals surface area contributed by atoms with Crippen LogP contribution in [0.3, 0.4) is 0 Å². The molecule has 1 nitrogen and oxygen atoms in total. The molecule has 1 heterocycles. The molecule has 11 heavy (non-hydrogen) atoms. The average molecular weight is 172 g/mol. The summed E-state index contributed by atoms with van der Waals surface area (Å²) in [6.45, 7) is 3.50. The van der Waals surface area contributed by atoms with Crippen LogP contribution in [-0.2, 0) is 0 Å². The van der Waals surface area contributed by atoms with E-state index in [9.17, 15) is 0 Å². The van der Waals surface area contributed by atoms with E-state index < -0.39 is 0 Å². The summed E-state index contributed by atoms with van der Waals surface area (Å²) in [6, 6.07) is 0.815. The van der Waals surface area contributed by atoms with Crippen molar-refractivity contribution in [2.75, 3.05) is 19.4 Å². The van der Waals surface area contributed by atoms with Crippen molar-refractivity contribution in [3.05, 3.63) is 0 Å². The molecule has 0 aromatic carbocycles. The van der Waals surface area contributed by atoms with Gasteiger partial charge in [-0.3, -0.25) is 0 Å². The lowest BCUT2D eigenvalue weighted by atomic mass is 10.0. The third-order valence-corrected chi connectivity index (χ3v) is 3.29. The second-order valence-electron chi connectivity index (χ2n) is 3.52. The lowest BCUT2D eigenvalue weighted by Gasteiger charge is -2.21. The van der Waals surface area contributed by atoms with Gasteiger partial charge in [-0.25, -0.2) is 0 Å². The molecule has 0 aromatic rings. The fourth-order valence-corrected chi connectivity index (χ4v) is 2.30. The van der Waals surface area contributed by atoms with Gasteiger partial charge in [0, 0.05) is 12.5 Å². The number of hydrogen-bond acceptors (Lipinski definition) is 1. The molecule has 0 spiro atoms. The van der Waals surface area contributed by atoms with Crippen LogP contribution in [0, 0.1) is 0 Å². The third-order valence-electron chi connectivity index (χ3n) is 2.27. The van der Waals surface area contributed by atoms with E-state index in [4.69, 9.17) is 0 Å². The number of piperidine rings is 1. The van der Waals surface area contributed by atoms with Gasteiger partial charge in [-0.15, -0.1) is 0 Å². The molecule has 1 fully saturated rings. The Morgan fingerprint density at radius 1 is 1.55 bits per heavy atom. The first-order valence-electron chi connectivity index (χ1n) is 4.54. The van der Waals surface area contributed by atoms with Crippen LogP contribution in [0.4, 0.5) is 0 Å². The van der Waals surface area contributed by atoms with Gasteiger partial charge in [0.1, 0.15) is 6.16 Å². The summed E-state index contributed by atoms with van der Waals surface area (Å²) in [7, 11) is 0.0847. The standard InChI is InChI=1S/C9H19NP/c1-11(2)8-6-9-5-3-4-7-10-9/h9-10H,1,3-8H2,2H3/q+1. The molecule has 1 saturated heterocycles. The molecule has 0 aliphatic carbocycles. The van der Waals surface area contributed by atoms with Crippen LogP contribution in [0.2, 0.25) is 0 Å². The fourth-order valence-electron chi connectivity index (χ4n) is 1.55. The highest BCUT2D eigenvalue weighted by atomic mass is 31.1. The largest absolute Gasteiger partial charge is 0.314 e. The van der Waals surface area contributed by atoms with Crippen LogP contribution in [0.25, 0.3) is 0 Å². The zero-order valence-electron chi connectivity index (χ0n) is 7.47. The van der Waals surface area contributed by atoms with E-state index >= 15 is 0 Å². The molecule has 2 unspecified atom stereocenters. The van der Waals surface area contributed by atoms with Gasteiger partial charge in [0.05, 0.1) is 20.5 Å². The highest BCUT2D eigenvalue weighted by molar-refractivity contribution is 7.54. The van der Waals surface area contributed by atoms with Gasteiger partial charge in [0.15, 0.2) is 0 Å². The Labute approximate surface area is 71.0 Å². The lowest BCUT2D eigenvalue weighted by molar-refractivity contribution is 0.394. The summed E-state index contributed by atoms with van der Waals surface area (Å²) in [5.41, 5.74) is 0. The van der Waals surface area contributed by atoms with Crippen molar-refractivity contribution in [2.45, 2.75) is 31.7 Å². The highest BCUT2D eigenvalue weighted by Gasteiger charge is 2.13. The van der Waals surface area contributed by atoms with E-state index in [1.807, 2.05) is 0 Å². The lowest BCUT2D eigenvalue weighted by Crippen LogP contribution is -2.34. The average Bonchev–Trinajstić information content (AvgIpc) is 2.03. The van der Waals surface area contributed by atoms with Gasteiger partial charge >= 0.3 is 0 Å². The Morgan fingerprint density at radius 2 is 2.36 bits per heavy atom. The van der Waals surface area contributed by atoms with Crippen molar-refractivity contribution in [3.8, 4) is 0 Å². The first-order chi connectivity index (χ1) is 5.29. The monoisotopic (exact) mass is 172 g/mol. The summed E-state index contributed by atoms with van der Waals surface area (Å²) in [5, 5.41) is 3.56. The van der Waals surface area contributed by atoms with Gasteiger partial charge in [-0.05, 0) is 19.4 Å². The molecule has 2 atom stereocenters. The number of hydrogen-bond donors (Lipinski definition) is 1. The normalized spacial score (nSPS) is 26.6. The van der Waals surface area contributed by atoms with Crippen molar-refractivity contribution in [3.63, 3.8) is 0 Å². The van der Waals surface area contributed by atoms with Crippen molar-refractivity contribution >= 4 is 13.8 Å². The Hall–Kier alpha value is 0.130. The minimum Gasteiger partial charge on any atom is -0.314 e. The second kappa shape index (κ2) is 4.90. The molecule has 1 rings (SSSR count). The predicted octanol–water partition coefficient (Wildman–Crippen LogP) is 2.06. The highest BCUT2D eigenvalue weighted by Crippen LogP contribution is 2.18. The fraction of sp³-hybridized carbons (Fsp3) is 0.889. The van der Waals surface area contributed by atoms with E-state index in [2.05, 4.69) is 18.3 Å². The zero-order chi connectivity index (χ0) is 8.10. The Morgan fingerprint density at radius 3 is 2.91 bits per heavy atom. The number of nitrogens with one attached hydrogen (secondary N) is 1. The maximum absolute atomic E-state index is 4.06. The molecule has 0 bridgehead atoms. The van der Waals surface area contributed by atoms with Crippen LogP contribution in [0.15, 0.2) is 0 Å². The maximum atomic E-state index is 4.06. The summed E-state index contributed by atoms with van der Waals surface area (Å²) in [4.78, 5) is 0. The quantitative estimate of drug-likeness (QED) is 0.642. The van der Waals surface area contributed by atoms with Gasteiger partial charge in [0.2, 0.25) is 0 Å². The molecule has 2 heteroatoms. The summed E-state index contributed by atoms with van der Waals surface area (Å²) >= 11 is 0. The summed E-state index contributed by atoms with van der Waals surface area (Å²) in [6.07, 6.45) is 10.9. The van der Waals surface area contributed by atoms with Crippen molar-refractivity contribution < 1.29 is 0 Å². The van der Waals surface area contributed by atoms with E-state index in [1.165, 1.54) is 38.4 Å². The molecule has 0 amide bonds. The van der Waals surface area contributed by atoms with Gasteiger partial charge < -0.3 is 5.32 Å². The topological polar surface area (TPSA) is 12.0 Å². The Balaban J connectivity index is 2.09. The molecule has 64 valence electrons. The molecule has 0 radical (unpaired) electrons. The molecular formula is C9H19NP+. The Bertz CT molecular complexity index is 128. The summed E-state index contributed by atoms with van der Waals surface area (Å²) in [5.74, 6) is 0. The molecular weight excluding hydrogens is 153 g/mol. The smallest absolute Gasteiger partial charge is 0.107 e. The van der Waals surface area contributed by atoms with E-state index in [0.29, 0.717) is 0 Å².